The number of methoxy groups -OCH3 is 1. The maximum atomic E-state index is 12.2. The van der Waals surface area contributed by atoms with Crippen LogP contribution in [0, 0.1) is 25.2 Å². The third-order valence-corrected chi connectivity index (χ3v) is 3.89. The second kappa shape index (κ2) is 10.7. The monoisotopic (exact) mass is 409 g/mol. The molecule has 0 aliphatic heterocycles. The molecule has 0 radical (unpaired) electrons. The first-order chi connectivity index (χ1) is 14.4. The Kier molecular flexibility index (Phi) is 8.00. The van der Waals surface area contributed by atoms with Gasteiger partial charge in [-0.25, -0.2) is 9.59 Å². The van der Waals surface area contributed by atoms with E-state index >= 15 is 0 Å². The van der Waals surface area contributed by atoms with Crippen molar-refractivity contribution in [3.63, 3.8) is 0 Å². The molecule has 2 rings (SSSR count). The van der Waals surface area contributed by atoms with Gasteiger partial charge in [-0.2, -0.15) is 5.26 Å². The fraction of sp³-hybridized carbons (Fsp3) is 0.261. The Bertz CT molecular complexity index is 983. The van der Waals surface area contributed by atoms with Crippen LogP contribution in [0.5, 0.6) is 17.2 Å². The van der Waals surface area contributed by atoms with Crippen LogP contribution in [-0.4, -0.2) is 32.3 Å². The molecule has 0 fully saturated rings. The minimum atomic E-state index is -0.710. The molecule has 0 aliphatic carbocycles. The molecule has 0 unspecified atom stereocenters. The summed E-state index contributed by atoms with van der Waals surface area (Å²) in [7, 11) is 1.42. The molecule has 0 amide bonds. The highest BCUT2D eigenvalue weighted by Crippen LogP contribution is 2.29. The topological polar surface area (TPSA) is 94.9 Å². The molecule has 0 atom stereocenters. The molecule has 2 aromatic rings. The fourth-order valence-electron chi connectivity index (χ4n) is 2.68. The summed E-state index contributed by atoms with van der Waals surface area (Å²) in [6.07, 6.45) is 1.37. The Morgan fingerprint density at radius 3 is 2.37 bits per heavy atom. The number of nitriles is 1. The third kappa shape index (κ3) is 6.38. The number of benzene rings is 2. The molecular weight excluding hydrogens is 386 g/mol. The fourth-order valence-corrected chi connectivity index (χ4v) is 2.68. The van der Waals surface area contributed by atoms with Crippen LogP contribution in [-0.2, 0) is 14.3 Å². The van der Waals surface area contributed by atoms with E-state index in [1.54, 1.807) is 25.1 Å². The van der Waals surface area contributed by atoms with Crippen LogP contribution in [0.3, 0.4) is 0 Å². The number of nitrogens with zero attached hydrogens (tertiary/aromatic N) is 1. The van der Waals surface area contributed by atoms with Crippen LogP contribution >= 0.6 is 0 Å². The van der Waals surface area contributed by atoms with E-state index < -0.39 is 11.9 Å². The highest BCUT2D eigenvalue weighted by atomic mass is 16.6. The van der Waals surface area contributed by atoms with E-state index in [2.05, 4.69) is 0 Å². The standard InChI is InChI=1S/C23H23NO6/c1-5-28-23(26)18(13-24)11-17-6-7-20(21(12-17)27-4)30-22(25)14-29-19-9-15(2)8-16(3)10-19/h6-12H,5,14H2,1-4H3/b18-11+. The van der Waals surface area contributed by atoms with E-state index in [9.17, 15) is 9.59 Å². The summed E-state index contributed by atoms with van der Waals surface area (Å²) >= 11 is 0. The van der Waals surface area contributed by atoms with Crippen LogP contribution in [0.15, 0.2) is 42.0 Å². The Balaban J connectivity index is 2.10. The van der Waals surface area contributed by atoms with Crippen molar-refractivity contribution in [3.8, 4) is 23.3 Å². The molecule has 0 saturated carbocycles. The zero-order valence-corrected chi connectivity index (χ0v) is 17.4. The van der Waals surface area contributed by atoms with Gasteiger partial charge in [-0.05, 0) is 67.8 Å². The Morgan fingerprint density at radius 1 is 1.07 bits per heavy atom. The lowest BCUT2D eigenvalue weighted by Crippen LogP contribution is -2.18. The number of hydrogen-bond donors (Lipinski definition) is 0. The number of aryl methyl sites for hydroxylation is 2. The molecule has 2 aromatic carbocycles. The van der Waals surface area contributed by atoms with Crippen molar-refractivity contribution in [2.45, 2.75) is 20.8 Å². The van der Waals surface area contributed by atoms with Gasteiger partial charge < -0.3 is 18.9 Å². The average molecular weight is 409 g/mol. The number of rotatable bonds is 8. The summed E-state index contributed by atoms with van der Waals surface area (Å²) in [4.78, 5) is 23.9. The molecule has 0 aromatic heterocycles. The molecule has 0 N–H and O–H groups in total. The largest absolute Gasteiger partial charge is 0.493 e. The quantitative estimate of drug-likeness (QED) is 0.283. The summed E-state index contributed by atoms with van der Waals surface area (Å²) in [5.74, 6) is -0.263. The predicted molar refractivity (Wildman–Crippen MR) is 110 cm³/mol. The first kappa shape index (κ1) is 22.5. The number of ether oxygens (including phenoxy) is 4. The lowest BCUT2D eigenvalue weighted by atomic mass is 10.1. The molecule has 0 heterocycles. The number of esters is 2. The highest BCUT2D eigenvalue weighted by Gasteiger charge is 2.14. The van der Waals surface area contributed by atoms with Gasteiger partial charge >= 0.3 is 11.9 Å². The van der Waals surface area contributed by atoms with Gasteiger partial charge in [0.05, 0.1) is 13.7 Å². The summed E-state index contributed by atoms with van der Waals surface area (Å²) < 4.78 is 20.9. The molecule has 7 heteroatoms. The van der Waals surface area contributed by atoms with E-state index in [1.165, 1.54) is 19.3 Å². The summed E-state index contributed by atoms with van der Waals surface area (Å²) in [6, 6.07) is 12.1. The van der Waals surface area contributed by atoms with Crippen LogP contribution in [0.4, 0.5) is 0 Å². The summed E-state index contributed by atoms with van der Waals surface area (Å²) in [5.41, 5.74) is 2.43. The Morgan fingerprint density at radius 2 is 1.77 bits per heavy atom. The van der Waals surface area contributed by atoms with Gasteiger partial charge in [0.1, 0.15) is 17.4 Å². The molecule has 30 heavy (non-hydrogen) atoms. The SMILES string of the molecule is CCOC(=O)/C(C#N)=C/c1ccc(OC(=O)COc2cc(C)cc(C)c2)c(OC)c1. The molecule has 7 nitrogen and oxygen atoms in total. The maximum Gasteiger partial charge on any atom is 0.349 e. The van der Waals surface area contributed by atoms with E-state index in [1.807, 2.05) is 32.0 Å². The van der Waals surface area contributed by atoms with Gasteiger partial charge in [0, 0.05) is 0 Å². The van der Waals surface area contributed by atoms with Crippen LogP contribution in [0.25, 0.3) is 6.08 Å². The zero-order valence-electron chi connectivity index (χ0n) is 17.4. The lowest BCUT2D eigenvalue weighted by molar-refractivity contribution is -0.138. The van der Waals surface area contributed by atoms with Crippen molar-refractivity contribution >= 4 is 18.0 Å². The average Bonchev–Trinajstić information content (AvgIpc) is 2.70. The summed E-state index contributed by atoms with van der Waals surface area (Å²) in [5, 5.41) is 9.14. The summed E-state index contributed by atoms with van der Waals surface area (Å²) in [6.45, 7) is 5.44. The maximum absolute atomic E-state index is 12.2. The van der Waals surface area contributed by atoms with Crippen LogP contribution in [0.2, 0.25) is 0 Å². The normalized spacial score (nSPS) is 10.7. The van der Waals surface area contributed by atoms with Gasteiger partial charge in [-0.15, -0.1) is 0 Å². The Labute approximate surface area is 175 Å². The van der Waals surface area contributed by atoms with E-state index in [0.29, 0.717) is 11.3 Å². The molecule has 156 valence electrons. The van der Waals surface area contributed by atoms with Gasteiger partial charge in [-0.3, -0.25) is 0 Å². The number of carbonyl (C=O) groups is 2. The minimum absolute atomic E-state index is 0.148. The van der Waals surface area contributed by atoms with Crippen molar-refractivity contribution in [2.75, 3.05) is 20.3 Å². The van der Waals surface area contributed by atoms with Gasteiger partial charge in [0.25, 0.3) is 0 Å². The van der Waals surface area contributed by atoms with Gasteiger partial charge in [0.2, 0.25) is 0 Å². The number of hydrogen-bond acceptors (Lipinski definition) is 7. The van der Waals surface area contributed by atoms with Crippen molar-refractivity contribution in [1.29, 1.82) is 5.26 Å². The molecule has 0 spiro atoms. The van der Waals surface area contributed by atoms with Crippen molar-refractivity contribution in [1.82, 2.24) is 0 Å². The second-order valence-electron chi connectivity index (χ2n) is 6.39. The minimum Gasteiger partial charge on any atom is -0.493 e. The first-order valence-corrected chi connectivity index (χ1v) is 9.25. The van der Waals surface area contributed by atoms with Crippen molar-refractivity contribution in [2.24, 2.45) is 0 Å². The van der Waals surface area contributed by atoms with Gasteiger partial charge in [0.15, 0.2) is 18.1 Å². The molecule has 0 saturated heterocycles. The third-order valence-electron chi connectivity index (χ3n) is 3.89. The van der Waals surface area contributed by atoms with E-state index in [4.69, 9.17) is 24.2 Å². The van der Waals surface area contributed by atoms with Crippen molar-refractivity contribution in [3.05, 3.63) is 58.7 Å². The molecular formula is C23H23NO6. The lowest BCUT2D eigenvalue weighted by Gasteiger charge is -2.11. The van der Waals surface area contributed by atoms with E-state index in [-0.39, 0.29) is 30.3 Å². The van der Waals surface area contributed by atoms with E-state index in [0.717, 1.165) is 11.1 Å². The first-order valence-electron chi connectivity index (χ1n) is 9.25. The zero-order chi connectivity index (χ0) is 22.1. The van der Waals surface area contributed by atoms with Crippen LogP contribution in [0.1, 0.15) is 23.6 Å². The number of carbonyl (C=O) groups excluding carboxylic acids is 2. The Hall–Kier alpha value is -3.79. The highest BCUT2D eigenvalue weighted by molar-refractivity contribution is 5.98. The molecule has 0 aliphatic rings. The van der Waals surface area contributed by atoms with Gasteiger partial charge in [-0.1, -0.05) is 12.1 Å². The molecule has 0 bridgehead atoms. The van der Waals surface area contributed by atoms with Crippen molar-refractivity contribution < 1.29 is 28.5 Å². The van der Waals surface area contributed by atoms with Crippen LogP contribution < -0.4 is 14.2 Å². The second-order valence-corrected chi connectivity index (χ2v) is 6.39. The smallest absolute Gasteiger partial charge is 0.349 e. The predicted octanol–water partition coefficient (Wildman–Crippen LogP) is 3.77.